The Labute approximate surface area is 677 Å². The van der Waals surface area contributed by atoms with Gasteiger partial charge in [-0.2, -0.15) is 25.3 Å². The predicted molar refractivity (Wildman–Crippen MR) is 436 cm³/mol. The summed E-state index contributed by atoms with van der Waals surface area (Å²) in [5.74, 6) is -15.5. The number of aldehydes is 1. The second-order valence-electron chi connectivity index (χ2n) is 28.4. The highest BCUT2D eigenvalue weighted by atomic mass is 32.1. The van der Waals surface area contributed by atoms with E-state index in [0.29, 0.717) is 56.9 Å². The summed E-state index contributed by atoms with van der Waals surface area (Å²) in [5.41, 5.74) is 43.5. The molecule has 0 bridgehead atoms. The Morgan fingerprint density at radius 3 is 1.51 bits per heavy atom. The van der Waals surface area contributed by atoms with Crippen LogP contribution >= 0.6 is 25.3 Å². The first-order valence-electron chi connectivity index (χ1n) is 38.7. The van der Waals surface area contributed by atoms with Crippen LogP contribution in [-0.4, -0.2) is 240 Å². The van der Waals surface area contributed by atoms with E-state index in [1.807, 2.05) is 0 Å². The maximum atomic E-state index is 15.0. The maximum absolute atomic E-state index is 15.0. The molecule has 0 radical (unpaired) electrons. The van der Waals surface area contributed by atoms with Crippen LogP contribution in [0.5, 0.6) is 0 Å². The minimum Gasteiger partial charge on any atom is -0.481 e. The predicted octanol–water partition coefficient (Wildman–Crippen LogP) is -4.25. The lowest BCUT2D eigenvalue weighted by Crippen LogP contribution is -2.66. The fourth-order valence-electron chi connectivity index (χ4n) is 12.4. The third-order valence-corrected chi connectivity index (χ3v) is 20.1. The van der Waals surface area contributed by atoms with Gasteiger partial charge in [0.1, 0.15) is 54.4 Å². The average molecular weight is 1650 g/mol. The van der Waals surface area contributed by atoms with Gasteiger partial charge in [-0.15, -0.1) is 0 Å². The molecule has 1 aromatic carbocycles. The van der Waals surface area contributed by atoms with Crippen molar-refractivity contribution in [3.05, 3.63) is 35.9 Å². The summed E-state index contributed by atoms with van der Waals surface area (Å²) in [6.07, 6.45) is 6.20. The molecule has 1 saturated carbocycles. The van der Waals surface area contributed by atoms with Gasteiger partial charge in [0, 0.05) is 50.0 Å². The van der Waals surface area contributed by atoms with Crippen LogP contribution in [0.2, 0.25) is 0 Å². The monoisotopic (exact) mass is 1640 g/mol. The molecule has 0 unspecified atom stereocenters. The number of nitrogens with zero attached hydrogens (tertiary/aromatic N) is 4. The van der Waals surface area contributed by atoms with Gasteiger partial charge in [-0.05, 0) is 102 Å². The second kappa shape index (κ2) is 54.0. The molecule has 0 saturated heterocycles. The summed E-state index contributed by atoms with van der Waals surface area (Å²) in [4.78, 5) is 222. The number of benzene rings is 1. The lowest BCUT2D eigenvalue weighted by atomic mass is 9.81. The summed E-state index contributed by atoms with van der Waals surface area (Å²) in [6, 6.07) is -6.35. The number of aliphatic carboxylic acids is 1. The number of hydrogen-bond donors (Lipinski definition) is 22. The van der Waals surface area contributed by atoms with Gasteiger partial charge >= 0.3 is 5.97 Å². The molecule has 39 nitrogen and oxygen atoms in total. The summed E-state index contributed by atoms with van der Waals surface area (Å²) < 4.78 is 0. The van der Waals surface area contributed by atoms with Gasteiger partial charge in [-0.3, -0.25) is 82.1 Å². The summed E-state index contributed by atoms with van der Waals surface area (Å²) in [5, 5.41) is 37.8. The first kappa shape index (κ1) is 100. The molecule has 640 valence electrons. The standard InChI is InChI=1S/C73H125N23O16S2/c1-7-42(3)58(94-63(106)49(27-20-32-82-70(76)77)89-56(100)38-85-55(99)37-86-62(105)51(35-46-23-14-12-15-24-46)91-60(103)44(5)87-61(104)48(75)39-113)67(110)92-52(36-57(101)102)65(108)90-50(28-21-33-83-71(78)79)64(107)95-59(43(4)8-2)68(111)93-53(40-114)66(109)88-45(6)69(112)96(47-25-16-13-17-26-47)73(41-97,30-22-34-84-72(80)81)54(98)29-18-10-9-11-19-31-74/h12,14-15,23-24,41-45,47-53,58-59,113-114H,7-11,13,16-22,25-40,74-75H2,1-6H3,(H,85,99)(H,86,105)(H,87,104)(H,88,109)(H,89,100)(H,90,108)(H,91,103)(H,92,110)(H,93,111)(H,94,106)(H,95,107)(H,101,102)(H4,76,77,82)(H4,78,79,83)(H4,80,81,84)/t42-,43-,44+,45-,48-,49-,50-,51-,52-,53-,58-,59-,73-/m0/s1. The Morgan fingerprint density at radius 2 is 1.00 bits per heavy atom. The lowest BCUT2D eigenvalue weighted by Gasteiger charge is -2.46. The van der Waals surface area contributed by atoms with Crippen LogP contribution in [0.1, 0.15) is 176 Å². The van der Waals surface area contributed by atoms with Gasteiger partial charge in [-0.25, -0.2) is 0 Å². The highest BCUT2D eigenvalue weighted by Gasteiger charge is 2.50. The van der Waals surface area contributed by atoms with Crippen molar-refractivity contribution in [2.75, 3.05) is 50.8 Å². The topological polar surface area (TPSA) is 657 Å². The molecular formula is C73H125N23O16S2. The van der Waals surface area contributed by atoms with Gasteiger partial charge in [0.05, 0.1) is 25.6 Å². The van der Waals surface area contributed by atoms with Gasteiger partial charge < -0.3 is 119 Å². The quantitative estimate of drug-likeness (QED) is 0.00733. The second-order valence-corrected chi connectivity index (χ2v) is 29.1. The van der Waals surface area contributed by atoms with Gasteiger partial charge in [-0.1, -0.05) is 109 Å². The number of rotatable bonds is 56. The number of amides is 12. The van der Waals surface area contributed by atoms with Crippen molar-refractivity contribution < 1.29 is 77.0 Å². The van der Waals surface area contributed by atoms with Crippen LogP contribution in [0, 0.1) is 11.8 Å². The molecule has 1 aromatic rings. The van der Waals surface area contributed by atoms with Crippen molar-refractivity contribution in [2.24, 2.45) is 72.7 Å². The molecule has 0 heterocycles. The zero-order valence-electron chi connectivity index (χ0n) is 66.3. The zero-order chi connectivity index (χ0) is 85.6. The van der Waals surface area contributed by atoms with E-state index in [2.05, 4.69) is 98.7 Å². The zero-order valence-corrected chi connectivity index (χ0v) is 68.1. The summed E-state index contributed by atoms with van der Waals surface area (Å²) >= 11 is 8.37. The molecule has 0 aliphatic heterocycles. The Balaban J connectivity index is 2.46. The number of guanidine groups is 3. The van der Waals surface area contributed by atoms with Crippen molar-refractivity contribution in [3.63, 3.8) is 0 Å². The Bertz CT molecular complexity index is 3420. The number of unbranched alkanes of at least 4 members (excludes halogenated alkanes) is 4. The number of carboxylic acid groups (broad SMARTS) is 1. The number of aliphatic imine (C=N–C) groups is 3. The van der Waals surface area contributed by atoms with E-state index in [9.17, 15) is 72.2 Å². The molecule has 2 rings (SSSR count). The maximum Gasteiger partial charge on any atom is 0.305 e. The number of carbonyl (C=O) groups is 15. The summed E-state index contributed by atoms with van der Waals surface area (Å²) in [7, 11) is 0. The highest BCUT2D eigenvalue weighted by molar-refractivity contribution is 7.80. The minimum absolute atomic E-state index is 0.00366. The Kier molecular flexibility index (Phi) is 47.4. The number of Topliss-reactive ketones (excluding diaryl/α,β-unsaturated/α-hetero) is 1. The Hall–Kier alpha value is -9.90. The Morgan fingerprint density at radius 1 is 0.526 bits per heavy atom. The van der Waals surface area contributed by atoms with Gasteiger partial charge in [0.2, 0.25) is 70.9 Å². The molecular weight excluding hydrogens is 1520 g/mol. The lowest BCUT2D eigenvalue weighted by molar-refractivity contribution is -0.157. The molecule has 13 atom stereocenters. The van der Waals surface area contributed by atoms with Crippen LogP contribution in [-0.2, 0) is 78.3 Å². The number of ketones is 1. The van der Waals surface area contributed by atoms with Gasteiger partial charge in [0.25, 0.3) is 0 Å². The van der Waals surface area contributed by atoms with E-state index in [1.54, 1.807) is 58.0 Å². The SMILES string of the molecule is CC[C@H](C)[C@H](NC(=O)[C@H](CCCN=C(N)N)NC(=O)[C@H](CC(=O)O)NC(=O)[C@@H](NC(=O)[C@H](CCCN=C(N)N)NC(=O)CNC(=O)CNC(=O)[C@H](Cc1ccccc1)NC(=O)[C@@H](C)NC(=O)[C@@H](N)CS)[C@@H](C)CC)C(=O)N[C@@H](CS)C(=O)N[C@@H](C)C(=O)N(C1CCCCC1)[C@](C=O)(CCCN=C(N)N)C(=O)CCCCCCCN. The van der Waals surface area contributed by atoms with Crippen molar-refractivity contribution in [1.29, 1.82) is 0 Å². The van der Waals surface area contributed by atoms with Crippen molar-refractivity contribution in [3.8, 4) is 0 Å². The van der Waals surface area contributed by atoms with E-state index in [-0.39, 0.29) is 113 Å². The van der Waals surface area contributed by atoms with Gasteiger partial charge in [0.15, 0.2) is 35.5 Å². The molecule has 1 fully saturated rings. The molecule has 12 amide bonds. The molecule has 1 aliphatic rings. The number of hydrogen-bond acceptors (Lipinski definition) is 22. The van der Waals surface area contributed by atoms with E-state index in [4.69, 9.17) is 45.9 Å². The molecule has 0 spiro atoms. The van der Waals surface area contributed by atoms with E-state index in [0.717, 1.165) is 25.7 Å². The number of nitrogens with two attached hydrogens (primary N) is 8. The van der Waals surface area contributed by atoms with Crippen LogP contribution in [0.25, 0.3) is 0 Å². The highest BCUT2D eigenvalue weighted by Crippen LogP contribution is 2.34. The van der Waals surface area contributed by atoms with E-state index < -0.39 is 186 Å². The number of carboxylic acids is 1. The average Bonchev–Trinajstić information content (AvgIpc) is 0.767. The molecule has 114 heavy (non-hydrogen) atoms. The van der Waals surface area contributed by atoms with Crippen molar-refractivity contribution in [2.45, 2.75) is 248 Å². The van der Waals surface area contributed by atoms with E-state index >= 15 is 4.79 Å². The van der Waals surface area contributed by atoms with E-state index in [1.165, 1.54) is 18.7 Å². The molecule has 28 N–H and O–H groups in total. The third-order valence-electron chi connectivity index (χ3n) is 19.3. The molecule has 0 aromatic heterocycles. The molecule has 41 heteroatoms. The minimum atomic E-state index is -1.96. The first-order valence-corrected chi connectivity index (χ1v) is 40.0. The summed E-state index contributed by atoms with van der Waals surface area (Å²) in [6.45, 7) is 8.28. The van der Waals surface area contributed by atoms with Crippen LogP contribution in [0.15, 0.2) is 45.3 Å². The van der Waals surface area contributed by atoms with Crippen LogP contribution in [0.4, 0.5) is 0 Å². The largest absolute Gasteiger partial charge is 0.481 e. The first-order chi connectivity index (χ1) is 54.0. The number of carbonyl (C=O) groups excluding carboxylic acids is 14. The van der Waals surface area contributed by atoms with Crippen molar-refractivity contribution in [1.82, 2.24) is 63.4 Å². The smallest absolute Gasteiger partial charge is 0.305 e. The fraction of sp³-hybridized carbons (Fsp3) is 0.671. The van der Waals surface area contributed by atoms with Crippen LogP contribution < -0.4 is 104 Å². The van der Waals surface area contributed by atoms with Crippen LogP contribution in [0.3, 0.4) is 0 Å². The number of nitrogens with one attached hydrogen (secondary N) is 11. The van der Waals surface area contributed by atoms with Crippen molar-refractivity contribution >= 4 is 132 Å². The molecule has 1 aliphatic carbocycles. The fourth-order valence-corrected chi connectivity index (χ4v) is 12.8. The third kappa shape index (κ3) is 36.5. The number of thiol groups is 2. The normalized spacial score (nSPS) is 15.6.